The van der Waals surface area contributed by atoms with E-state index >= 15 is 0 Å². The van der Waals surface area contributed by atoms with Gasteiger partial charge in [-0.3, -0.25) is 4.98 Å². The topological polar surface area (TPSA) is 45.2 Å². The molecule has 2 aromatic rings. The summed E-state index contributed by atoms with van der Waals surface area (Å²) < 4.78 is 0. The first kappa shape index (κ1) is 14.5. The molecule has 0 bridgehead atoms. The fraction of sp³-hybridized carbons (Fsp3) is 0.353. The van der Waals surface area contributed by atoms with Crippen LogP contribution in [0.5, 0.6) is 5.75 Å². The fourth-order valence-corrected chi connectivity index (χ4v) is 2.28. The Morgan fingerprint density at radius 3 is 2.20 bits per heavy atom. The Bertz CT molecular complexity index is 496. The first-order chi connectivity index (χ1) is 9.78. The SMILES string of the molecule is CCCNC(Cc1ccncc1)Cc1ccc(O)cc1. The molecule has 20 heavy (non-hydrogen) atoms. The van der Waals surface area contributed by atoms with Crippen LogP contribution in [0.1, 0.15) is 24.5 Å². The Morgan fingerprint density at radius 1 is 1.00 bits per heavy atom. The van der Waals surface area contributed by atoms with Crippen molar-refractivity contribution in [3.05, 3.63) is 59.9 Å². The van der Waals surface area contributed by atoms with Crippen molar-refractivity contribution in [2.75, 3.05) is 6.54 Å². The summed E-state index contributed by atoms with van der Waals surface area (Å²) in [6.45, 7) is 3.20. The van der Waals surface area contributed by atoms with Crippen LogP contribution in [0.2, 0.25) is 0 Å². The van der Waals surface area contributed by atoms with Crippen LogP contribution in [0, 0.1) is 0 Å². The Kier molecular flexibility index (Phi) is 5.56. The highest BCUT2D eigenvalue weighted by Gasteiger charge is 2.10. The number of nitrogens with one attached hydrogen (secondary N) is 1. The Balaban J connectivity index is 2.01. The number of nitrogens with zero attached hydrogens (tertiary/aromatic N) is 1. The normalized spacial score (nSPS) is 12.2. The van der Waals surface area contributed by atoms with E-state index in [-0.39, 0.29) is 0 Å². The third-order valence-corrected chi connectivity index (χ3v) is 3.33. The Labute approximate surface area is 120 Å². The quantitative estimate of drug-likeness (QED) is 0.813. The zero-order chi connectivity index (χ0) is 14.2. The highest BCUT2D eigenvalue weighted by Crippen LogP contribution is 2.13. The highest BCUT2D eigenvalue weighted by atomic mass is 16.3. The molecular formula is C17H22N2O. The van der Waals surface area contributed by atoms with Crippen molar-refractivity contribution >= 4 is 0 Å². The monoisotopic (exact) mass is 270 g/mol. The number of hydrogen-bond acceptors (Lipinski definition) is 3. The molecule has 0 aliphatic rings. The lowest BCUT2D eigenvalue weighted by molar-refractivity contribution is 0.474. The second-order valence-electron chi connectivity index (χ2n) is 5.08. The number of pyridine rings is 1. The van der Waals surface area contributed by atoms with Gasteiger partial charge in [-0.05, 0) is 61.2 Å². The van der Waals surface area contributed by atoms with Crippen molar-refractivity contribution in [1.29, 1.82) is 0 Å². The number of rotatable bonds is 7. The summed E-state index contributed by atoms with van der Waals surface area (Å²) >= 11 is 0. The van der Waals surface area contributed by atoms with Crippen molar-refractivity contribution in [3.63, 3.8) is 0 Å². The molecule has 0 aliphatic heterocycles. The molecule has 2 rings (SSSR count). The molecule has 3 nitrogen and oxygen atoms in total. The minimum atomic E-state index is 0.320. The Hall–Kier alpha value is -1.87. The van der Waals surface area contributed by atoms with E-state index in [9.17, 15) is 5.11 Å². The van der Waals surface area contributed by atoms with Crippen LogP contribution in [-0.2, 0) is 12.8 Å². The van der Waals surface area contributed by atoms with Gasteiger partial charge in [-0.15, -0.1) is 0 Å². The fourth-order valence-electron chi connectivity index (χ4n) is 2.28. The van der Waals surface area contributed by atoms with E-state index in [0.717, 1.165) is 25.8 Å². The lowest BCUT2D eigenvalue weighted by Gasteiger charge is -2.19. The number of aromatic hydroxyl groups is 1. The van der Waals surface area contributed by atoms with Gasteiger partial charge < -0.3 is 10.4 Å². The molecule has 2 N–H and O–H groups in total. The highest BCUT2D eigenvalue weighted by molar-refractivity contribution is 5.26. The third kappa shape index (κ3) is 4.67. The van der Waals surface area contributed by atoms with Gasteiger partial charge in [0.05, 0.1) is 0 Å². The molecular weight excluding hydrogens is 248 g/mol. The van der Waals surface area contributed by atoms with E-state index < -0.39 is 0 Å². The van der Waals surface area contributed by atoms with E-state index in [4.69, 9.17) is 0 Å². The average molecular weight is 270 g/mol. The summed E-state index contributed by atoms with van der Waals surface area (Å²) in [5.41, 5.74) is 2.54. The van der Waals surface area contributed by atoms with E-state index in [2.05, 4.69) is 29.4 Å². The number of phenolic OH excluding ortho intramolecular Hbond substituents is 1. The van der Waals surface area contributed by atoms with E-state index in [1.807, 2.05) is 24.5 Å². The Morgan fingerprint density at radius 2 is 1.60 bits per heavy atom. The van der Waals surface area contributed by atoms with Gasteiger partial charge in [0.1, 0.15) is 5.75 Å². The molecule has 0 saturated carbocycles. The maximum Gasteiger partial charge on any atom is 0.115 e. The van der Waals surface area contributed by atoms with Crippen LogP contribution in [0.4, 0.5) is 0 Å². The zero-order valence-corrected chi connectivity index (χ0v) is 11.9. The van der Waals surface area contributed by atoms with E-state index in [1.54, 1.807) is 12.1 Å². The van der Waals surface area contributed by atoms with Gasteiger partial charge in [-0.25, -0.2) is 0 Å². The first-order valence-electron chi connectivity index (χ1n) is 7.18. The number of aromatic nitrogens is 1. The van der Waals surface area contributed by atoms with Gasteiger partial charge in [-0.1, -0.05) is 19.1 Å². The van der Waals surface area contributed by atoms with Gasteiger partial charge >= 0.3 is 0 Å². The maximum absolute atomic E-state index is 9.34. The molecule has 0 fully saturated rings. The second-order valence-corrected chi connectivity index (χ2v) is 5.08. The maximum atomic E-state index is 9.34. The summed E-state index contributed by atoms with van der Waals surface area (Å²) in [5, 5.41) is 12.9. The van der Waals surface area contributed by atoms with Gasteiger partial charge in [0.2, 0.25) is 0 Å². The summed E-state index contributed by atoms with van der Waals surface area (Å²) in [4.78, 5) is 4.06. The molecule has 0 amide bonds. The molecule has 0 radical (unpaired) electrons. The van der Waals surface area contributed by atoms with E-state index in [1.165, 1.54) is 11.1 Å². The molecule has 1 aromatic heterocycles. The predicted octanol–water partition coefficient (Wildman–Crippen LogP) is 2.94. The van der Waals surface area contributed by atoms with Gasteiger partial charge in [0.15, 0.2) is 0 Å². The summed E-state index contributed by atoms with van der Waals surface area (Å²) in [6, 6.07) is 12.0. The average Bonchev–Trinajstić information content (AvgIpc) is 2.48. The molecule has 0 spiro atoms. The molecule has 3 heteroatoms. The standard InChI is InChI=1S/C17H22N2O/c1-2-9-19-16(13-15-7-10-18-11-8-15)12-14-3-5-17(20)6-4-14/h3-8,10-11,16,19-20H,2,9,12-13H2,1H3. The summed E-state index contributed by atoms with van der Waals surface area (Å²) in [6.07, 6.45) is 6.76. The lowest BCUT2D eigenvalue weighted by atomic mass is 9.99. The third-order valence-electron chi connectivity index (χ3n) is 3.33. The molecule has 0 aliphatic carbocycles. The van der Waals surface area contributed by atoms with E-state index in [0.29, 0.717) is 11.8 Å². The van der Waals surface area contributed by atoms with Crippen molar-refractivity contribution < 1.29 is 5.11 Å². The van der Waals surface area contributed by atoms with Gasteiger partial charge in [0, 0.05) is 18.4 Å². The largest absolute Gasteiger partial charge is 0.508 e. The van der Waals surface area contributed by atoms with Crippen molar-refractivity contribution in [3.8, 4) is 5.75 Å². The minimum Gasteiger partial charge on any atom is -0.508 e. The molecule has 1 unspecified atom stereocenters. The van der Waals surface area contributed by atoms with Crippen LogP contribution in [0.3, 0.4) is 0 Å². The van der Waals surface area contributed by atoms with Crippen molar-refractivity contribution in [2.45, 2.75) is 32.2 Å². The molecule has 0 saturated heterocycles. The van der Waals surface area contributed by atoms with Crippen LogP contribution in [0.15, 0.2) is 48.8 Å². The van der Waals surface area contributed by atoms with Crippen molar-refractivity contribution in [2.24, 2.45) is 0 Å². The summed E-state index contributed by atoms with van der Waals surface area (Å²) in [5.74, 6) is 0.320. The summed E-state index contributed by atoms with van der Waals surface area (Å²) in [7, 11) is 0. The number of hydrogen-bond donors (Lipinski definition) is 2. The van der Waals surface area contributed by atoms with Gasteiger partial charge in [-0.2, -0.15) is 0 Å². The first-order valence-corrected chi connectivity index (χ1v) is 7.18. The minimum absolute atomic E-state index is 0.320. The van der Waals surface area contributed by atoms with Gasteiger partial charge in [0.25, 0.3) is 0 Å². The predicted molar refractivity (Wildman–Crippen MR) is 81.8 cm³/mol. The van der Waals surface area contributed by atoms with Crippen LogP contribution in [-0.4, -0.2) is 22.7 Å². The molecule has 106 valence electrons. The van der Waals surface area contributed by atoms with Crippen LogP contribution in [0.25, 0.3) is 0 Å². The van der Waals surface area contributed by atoms with Crippen molar-refractivity contribution in [1.82, 2.24) is 10.3 Å². The lowest BCUT2D eigenvalue weighted by Crippen LogP contribution is -2.33. The molecule has 1 heterocycles. The molecule has 1 aromatic carbocycles. The number of benzene rings is 1. The second kappa shape index (κ2) is 7.65. The molecule has 1 atom stereocenters. The number of phenols is 1. The van der Waals surface area contributed by atoms with Crippen LogP contribution >= 0.6 is 0 Å². The zero-order valence-electron chi connectivity index (χ0n) is 11.9. The van der Waals surface area contributed by atoms with Crippen LogP contribution < -0.4 is 5.32 Å². The smallest absolute Gasteiger partial charge is 0.115 e.